The van der Waals surface area contributed by atoms with E-state index in [1.165, 1.54) is 205 Å². The molecular weight excluding hydrogens is 684 g/mol. The number of hydrogen-bond donors (Lipinski definition) is 0. The smallest absolute Gasteiger partial charge is 0.550 e. The van der Waals surface area contributed by atoms with E-state index < -0.39 is 11.9 Å². The van der Waals surface area contributed by atoms with Crippen molar-refractivity contribution < 1.29 is 36.9 Å². The molecule has 0 amide bonds. The molecule has 1 radical (unpaired) electrons. The van der Waals surface area contributed by atoms with E-state index in [-0.39, 0.29) is 29.9 Å². The fourth-order valence-corrected chi connectivity index (χ4v) is 6.65. The topological polar surface area (TPSA) is 86.7 Å². The van der Waals surface area contributed by atoms with Gasteiger partial charge in [-0.15, -0.1) is 0 Å². The Bertz CT molecular complexity index is 626. The monoisotopic (exact) mass is 772 g/mol. The van der Waals surface area contributed by atoms with Gasteiger partial charge in [0.15, 0.2) is 0 Å². The quantitative estimate of drug-likeness (QED) is 0.0455. The van der Waals surface area contributed by atoms with Crippen molar-refractivity contribution in [1.82, 2.24) is 9.80 Å². The van der Waals surface area contributed by atoms with Gasteiger partial charge in [-0.2, -0.15) is 0 Å². The van der Waals surface area contributed by atoms with Crippen LogP contribution in [-0.2, 0) is 26.7 Å². The second-order valence-corrected chi connectivity index (χ2v) is 15.5. The summed E-state index contributed by atoms with van der Waals surface area (Å²) in [6, 6.07) is 0. The molecule has 309 valence electrons. The average molecular weight is 773 g/mol. The first-order chi connectivity index (χ1) is 24.3. The Balaban J connectivity index is -0.000000886. The third kappa shape index (κ3) is 53.8. The van der Waals surface area contributed by atoms with Gasteiger partial charge in [0.05, 0.1) is 0 Å². The number of carboxylic acids is 2. The van der Waals surface area contributed by atoms with Crippen molar-refractivity contribution in [2.75, 3.05) is 40.3 Å². The van der Waals surface area contributed by atoms with E-state index in [1.807, 2.05) is 14.1 Å². The molecule has 0 N–H and O–H groups in total. The van der Waals surface area contributed by atoms with E-state index in [2.05, 4.69) is 23.6 Å². The molecule has 0 aromatic carbocycles. The van der Waals surface area contributed by atoms with E-state index in [4.69, 9.17) is 0 Å². The third-order valence-electron chi connectivity index (χ3n) is 10.2. The number of hydrogen-bond acceptors (Lipinski definition) is 6. The number of carbonyl (C=O) groups excluding carboxylic acids is 2. The number of nitrogens with zero attached hydrogens (tertiary/aromatic N) is 2. The Kier molecular flexibility index (Phi) is 50.9. The molecule has 0 saturated heterocycles. The SMILES string of the molecule is CCCCCCCCCCCCCCCCCCN(C)CCC(=O)[O-].CCCCCCCCCCCCCCCCCCN(C)CCC(=O)[O-].[Cu+2]. The molecule has 0 aromatic heterocycles. The van der Waals surface area contributed by atoms with Crippen molar-refractivity contribution in [3.8, 4) is 0 Å². The number of unbranched alkanes of at least 4 members (excludes halogenated alkanes) is 30. The first kappa shape index (κ1) is 54.7. The van der Waals surface area contributed by atoms with Crippen LogP contribution in [0.3, 0.4) is 0 Å². The van der Waals surface area contributed by atoms with Gasteiger partial charge in [-0.1, -0.05) is 206 Å². The van der Waals surface area contributed by atoms with Crippen molar-refractivity contribution in [2.24, 2.45) is 0 Å². The average Bonchev–Trinajstić information content (AvgIpc) is 3.09. The molecule has 0 saturated carbocycles. The van der Waals surface area contributed by atoms with Crippen LogP contribution in [0.15, 0.2) is 0 Å². The van der Waals surface area contributed by atoms with Crippen LogP contribution in [0, 0.1) is 0 Å². The fourth-order valence-electron chi connectivity index (χ4n) is 6.65. The van der Waals surface area contributed by atoms with E-state index in [1.54, 1.807) is 0 Å². The van der Waals surface area contributed by atoms with Crippen LogP contribution in [0.5, 0.6) is 0 Å². The van der Waals surface area contributed by atoms with Gasteiger partial charge in [-0.05, 0) is 52.9 Å². The third-order valence-corrected chi connectivity index (χ3v) is 10.2. The second kappa shape index (κ2) is 47.4. The summed E-state index contributed by atoms with van der Waals surface area (Å²) in [6.07, 6.45) is 44.7. The standard InChI is InChI=1S/2C22H45NO2.Cu/c2*1-3-4-5-6-7-8-9-10-11-12-13-14-15-16-17-18-20-23(2)21-19-22(24)25;/h2*3-21H2,1-2H3,(H,24,25);/q;;+2/p-2. The number of aliphatic carboxylic acids is 2. The van der Waals surface area contributed by atoms with Crippen LogP contribution >= 0.6 is 0 Å². The molecular formula is C44H88CuN2O4. The van der Waals surface area contributed by atoms with Gasteiger partial charge in [0.1, 0.15) is 0 Å². The van der Waals surface area contributed by atoms with E-state index >= 15 is 0 Å². The predicted molar refractivity (Wildman–Crippen MR) is 213 cm³/mol. The summed E-state index contributed by atoms with van der Waals surface area (Å²) in [4.78, 5) is 25.0. The zero-order chi connectivity index (χ0) is 37.2. The van der Waals surface area contributed by atoms with Crippen LogP contribution < -0.4 is 10.2 Å². The summed E-state index contributed by atoms with van der Waals surface area (Å²) in [5.74, 6) is -1.89. The molecule has 0 heterocycles. The first-order valence-corrected chi connectivity index (χ1v) is 22.1. The van der Waals surface area contributed by atoms with Crippen molar-refractivity contribution in [3.63, 3.8) is 0 Å². The van der Waals surface area contributed by atoms with Gasteiger partial charge in [-0.3, -0.25) is 0 Å². The molecule has 6 nitrogen and oxygen atoms in total. The van der Waals surface area contributed by atoms with Crippen molar-refractivity contribution in [1.29, 1.82) is 0 Å². The Labute approximate surface area is 329 Å². The molecule has 0 aliphatic heterocycles. The molecule has 0 rings (SSSR count). The predicted octanol–water partition coefficient (Wildman–Crippen LogP) is 10.6. The molecule has 0 aliphatic carbocycles. The van der Waals surface area contributed by atoms with Gasteiger partial charge in [0.2, 0.25) is 0 Å². The Morgan fingerprint density at radius 3 is 0.686 bits per heavy atom. The zero-order valence-corrected chi connectivity index (χ0v) is 35.6. The fraction of sp³-hybridized carbons (Fsp3) is 0.955. The van der Waals surface area contributed by atoms with Gasteiger partial charge in [-0.25, -0.2) is 0 Å². The maximum Gasteiger partial charge on any atom is 2.00 e. The first-order valence-electron chi connectivity index (χ1n) is 22.1. The maximum absolute atomic E-state index is 10.4. The van der Waals surface area contributed by atoms with E-state index in [0.29, 0.717) is 13.1 Å². The molecule has 51 heavy (non-hydrogen) atoms. The van der Waals surface area contributed by atoms with E-state index in [9.17, 15) is 19.8 Å². The van der Waals surface area contributed by atoms with Gasteiger partial charge < -0.3 is 29.6 Å². The largest absolute Gasteiger partial charge is 2.00 e. The summed E-state index contributed by atoms with van der Waals surface area (Å²) < 4.78 is 0. The Hall–Kier alpha value is -0.621. The number of carbonyl (C=O) groups is 2. The minimum Gasteiger partial charge on any atom is -0.550 e. The Morgan fingerprint density at radius 1 is 0.333 bits per heavy atom. The van der Waals surface area contributed by atoms with Crippen LogP contribution in [0.1, 0.15) is 232 Å². The van der Waals surface area contributed by atoms with E-state index in [0.717, 1.165) is 13.1 Å². The molecule has 7 heteroatoms. The summed E-state index contributed by atoms with van der Waals surface area (Å²) in [7, 11) is 3.99. The molecule has 0 unspecified atom stereocenters. The molecule has 0 bridgehead atoms. The van der Waals surface area contributed by atoms with Crippen molar-refractivity contribution >= 4 is 11.9 Å². The van der Waals surface area contributed by atoms with Crippen LogP contribution in [0.25, 0.3) is 0 Å². The molecule has 0 atom stereocenters. The van der Waals surface area contributed by atoms with Crippen LogP contribution in [-0.4, -0.2) is 62.0 Å². The summed E-state index contributed by atoms with van der Waals surface area (Å²) >= 11 is 0. The van der Waals surface area contributed by atoms with Crippen molar-refractivity contribution in [2.45, 2.75) is 232 Å². The summed E-state index contributed by atoms with van der Waals surface area (Å²) in [5.41, 5.74) is 0. The summed E-state index contributed by atoms with van der Waals surface area (Å²) in [5, 5.41) is 20.8. The maximum atomic E-state index is 10.4. The summed E-state index contributed by atoms with van der Waals surface area (Å²) in [6.45, 7) is 7.79. The van der Waals surface area contributed by atoms with Gasteiger partial charge in [0.25, 0.3) is 0 Å². The molecule has 0 aromatic rings. The number of carboxylic acid groups (broad SMARTS) is 2. The molecule has 0 aliphatic rings. The van der Waals surface area contributed by atoms with Gasteiger partial charge in [0, 0.05) is 25.0 Å². The number of rotatable bonds is 40. The van der Waals surface area contributed by atoms with Crippen LogP contribution in [0.4, 0.5) is 0 Å². The van der Waals surface area contributed by atoms with Crippen molar-refractivity contribution in [3.05, 3.63) is 0 Å². The minimum atomic E-state index is -0.946. The van der Waals surface area contributed by atoms with Crippen LogP contribution in [0.2, 0.25) is 0 Å². The molecule has 0 spiro atoms. The minimum absolute atomic E-state index is 0. The second-order valence-electron chi connectivity index (χ2n) is 15.5. The Morgan fingerprint density at radius 2 is 0.510 bits per heavy atom. The normalized spacial score (nSPS) is 11.1. The van der Waals surface area contributed by atoms with Gasteiger partial charge >= 0.3 is 17.1 Å². The molecule has 0 fully saturated rings. The zero-order valence-electron chi connectivity index (χ0n) is 34.7.